The molecule has 2 aliphatic rings. The minimum Gasteiger partial charge on any atom is -0.390 e. The predicted octanol–water partition coefficient (Wildman–Crippen LogP) is 1.92. The highest BCUT2D eigenvalue weighted by Crippen LogP contribution is 2.76. The van der Waals surface area contributed by atoms with Gasteiger partial charge in [-0.25, -0.2) is 15.0 Å². The summed E-state index contributed by atoms with van der Waals surface area (Å²) in [4.78, 5) is 12.4. The number of nitrogens with two attached hydrogens (primary N) is 1. The van der Waals surface area contributed by atoms with E-state index in [2.05, 4.69) is 21.9 Å². The number of hydrogen-bond acceptors (Lipinski definition) is 8. The van der Waals surface area contributed by atoms with Crippen LogP contribution in [0.2, 0.25) is 0 Å². The van der Waals surface area contributed by atoms with E-state index in [1.807, 2.05) is 0 Å². The van der Waals surface area contributed by atoms with Crippen LogP contribution in [-0.2, 0) is 4.74 Å². The van der Waals surface area contributed by atoms with Gasteiger partial charge in [0.25, 0.3) is 0 Å². The fourth-order valence-corrected chi connectivity index (χ4v) is 5.26. The van der Waals surface area contributed by atoms with Crippen LogP contribution < -0.4 is 5.73 Å². The second kappa shape index (κ2) is 7.40. The molecule has 1 aliphatic heterocycles. The number of anilines is 1. The number of hydrogen-bond donors (Lipinski definition) is 4. The van der Waals surface area contributed by atoms with Gasteiger partial charge in [-0.1, -0.05) is 59.3 Å². The standard InChI is InChI=1S/C21H33N5O4/c1-4-5-6-7-8-9-10-13(27)15-20(28)19(2,3)21(20,29)18(30-15)26-12-25-14-16(22)23-11-24-17(14)26/h11-13,15,18,27-29H,4-10H2,1-3H3,(H2,22,23,24)/t13?,15-,18-,20+,21-/m1/s1. The van der Waals surface area contributed by atoms with Gasteiger partial charge in [-0.05, 0) is 6.42 Å². The lowest BCUT2D eigenvalue weighted by atomic mass is 9.94. The molecule has 0 radical (unpaired) electrons. The smallest absolute Gasteiger partial charge is 0.169 e. The first-order valence-electron chi connectivity index (χ1n) is 10.9. The summed E-state index contributed by atoms with van der Waals surface area (Å²) in [5.41, 5.74) is 2.68. The zero-order chi connectivity index (χ0) is 21.7. The molecule has 2 aromatic rings. The Morgan fingerprint density at radius 3 is 2.53 bits per heavy atom. The Labute approximate surface area is 176 Å². The van der Waals surface area contributed by atoms with Crippen LogP contribution in [0, 0.1) is 5.41 Å². The number of rotatable bonds is 9. The fourth-order valence-electron chi connectivity index (χ4n) is 5.26. The number of aromatic nitrogens is 4. The topological polar surface area (TPSA) is 140 Å². The molecule has 166 valence electrons. The number of fused-ring (bicyclic) bond motifs is 2. The van der Waals surface area contributed by atoms with Crippen LogP contribution >= 0.6 is 0 Å². The predicted molar refractivity (Wildman–Crippen MR) is 111 cm³/mol. The van der Waals surface area contributed by atoms with Crippen LogP contribution in [0.5, 0.6) is 0 Å². The molecule has 3 heterocycles. The lowest BCUT2D eigenvalue weighted by molar-refractivity contribution is -0.147. The number of aliphatic hydroxyl groups excluding tert-OH is 1. The zero-order valence-corrected chi connectivity index (χ0v) is 18.0. The van der Waals surface area contributed by atoms with Crippen LogP contribution in [0.4, 0.5) is 5.82 Å². The molecule has 5 N–H and O–H groups in total. The van der Waals surface area contributed by atoms with Crippen molar-refractivity contribution < 1.29 is 20.1 Å². The summed E-state index contributed by atoms with van der Waals surface area (Å²) in [6, 6.07) is 0. The summed E-state index contributed by atoms with van der Waals surface area (Å²) in [7, 11) is 0. The summed E-state index contributed by atoms with van der Waals surface area (Å²) in [5.74, 6) is 0.230. The Morgan fingerprint density at radius 1 is 1.10 bits per heavy atom. The molecule has 0 spiro atoms. The van der Waals surface area contributed by atoms with Crippen LogP contribution in [0.15, 0.2) is 12.7 Å². The van der Waals surface area contributed by atoms with Gasteiger partial charge in [0.1, 0.15) is 29.2 Å². The summed E-state index contributed by atoms with van der Waals surface area (Å²) >= 11 is 0. The molecule has 1 aliphatic carbocycles. The summed E-state index contributed by atoms with van der Waals surface area (Å²) in [6.45, 7) is 5.76. The third kappa shape index (κ3) is 2.72. The maximum Gasteiger partial charge on any atom is 0.169 e. The highest BCUT2D eigenvalue weighted by atomic mass is 16.6. The van der Waals surface area contributed by atoms with Gasteiger partial charge in [0.05, 0.1) is 12.4 Å². The van der Waals surface area contributed by atoms with Crippen molar-refractivity contribution in [3.8, 4) is 0 Å². The molecular weight excluding hydrogens is 386 g/mol. The SMILES string of the molecule is CCCCCCCCC(O)[C@H]1O[C@@H](n2cnc3c(N)ncnc32)[C@@]2(O)C(C)(C)[C@@]12O. The van der Waals surface area contributed by atoms with Crippen LogP contribution in [0.1, 0.15) is 71.9 Å². The number of ether oxygens (including phenoxy) is 1. The van der Waals surface area contributed by atoms with E-state index in [9.17, 15) is 15.3 Å². The van der Waals surface area contributed by atoms with Gasteiger partial charge in [-0.2, -0.15) is 0 Å². The van der Waals surface area contributed by atoms with Gasteiger partial charge in [0.15, 0.2) is 17.7 Å². The molecule has 9 heteroatoms. The van der Waals surface area contributed by atoms with E-state index < -0.39 is 35.1 Å². The average molecular weight is 420 g/mol. The highest BCUT2D eigenvalue weighted by Gasteiger charge is 2.93. The number of unbranched alkanes of at least 4 members (excludes halogenated alkanes) is 5. The maximum absolute atomic E-state index is 11.5. The zero-order valence-electron chi connectivity index (χ0n) is 18.0. The Balaban J connectivity index is 1.54. The van der Waals surface area contributed by atoms with Gasteiger partial charge in [0.2, 0.25) is 0 Å². The lowest BCUT2D eigenvalue weighted by Gasteiger charge is -2.30. The van der Waals surface area contributed by atoms with Crippen molar-refractivity contribution in [2.75, 3.05) is 5.73 Å². The molecule has 4 rings (SSSR count). The molecule has 1 saturated heterocycles. The molecule has 0 amide bonds. The van der Waals surface area contributed by atoms with Gasteiger partial charge in [-0.15, -0.1) is 0 Å². The van der Waals surface area contributed by atoms with Crippen molar-refractivity contribution in [3.63, 3.8) is 0 Å². The monoisotopic (exact) mass is 419 g/mol. The molecule has 0 bridgehead atoms. The van der Waals surface area contributed by atoms with Gasteiger partial charge >= 0.3 is 0 Å². The summed E-state index contributed by atoms with van der Waals surface area (Å²) < 4.78 is 7.66. The largest absolute Gasteiger partial charge is 0.390 e. The number of nitrogen functional groups attached to an aromatic ring is 1. The molecule has 2 fully saturated rings. The second-order valence-corrected chi connectivity index (χ2v) is 9.27. The molecule has 9 nitrogen and oxygen atoms in total. The van der Waals surface area contributed by atoms with Crippen molar-refractivity contribution in [1.82, 2.24) is 19.5 Å². The number of nitrogens with zero attached hydrogens (tertiary/aromatic N) is 4. The van der Waals surface area contributed by atoms with Crippen molar-refractivity contribution in [1.29, 1.82) is 0 Å². The number of imidazole rings is 1. The minimum absolute atomic E-state index is 0.230. The van der Waals surface area contributed by atoms with Gasteiger partial charge in [-0.3, -0.25) is 4.57 Å². The van der Waals surface area contributed by atoms with Crippen molar-refractivity contribution in [2.24, 2.45) is 5.41 Å². The van der Waals surface area contributed by atoms with E-state index >= 15 is 0 Å². The van der Waals surface area contributed by atoms with Crippen LogP contribution in [-0.4, -0.2) is 58.2 Å². The molecule has 2 aromatic heterocycles. The lowest BCUT2D eigenvalue weighted by Crippen LogP contribution is -2.42. The summed E-state index contributed by atoms with van der Waals surface area (Å²) in [6.07, 6.45) is 7.22. The van der Waals surface area contributed by atoms with E-state index in [1.54, 1.807) is 18.4 Å². The molecule has 5 atom stereocenters. The van der Waals surface area contributed by atoms with Crippen molar-refractivity contribution in [3.05, 3.63) is 12.7 Å². The molecule has 1 saturated carbocycles. The molecule has 1 unspecified atom stereocenters. The van der Waals surface area contributed by atoms with Crippen molar-refractivity contribution >= 4 is 17.0 Å². The first-order valence-corrected chi connectivity index (χ1v) is 10.9. The average Bonchev–Trinajstić information content (AvgIpc) is 3.08. The quantitative estimate of drug-likeness (QED) is 0.452. The Morgan fingerprint density at radius 2 is 1.80 bits per heavy atom. The van der Waals surface area contributed by atoms with E-state index in [-0.39, 0.29) is 5.82 Å². The normalized spacial score (nSPS) is 33.0. The Kier molecular flexibility index (Phi) is 5.29. The van der Waals surface area contributed by atoms with Crippen LogP contribution in [0.3, 0.4) is 0 Å². The Bertz CT molecular complexity index is 918. The highest BCUT2D eigenvalue weighted by molar-refractivity contribution is 5.81. The maximum atomic E-state index is 11.5. The Hall–Kier alpha value is -1.81. The van der Waals surface area contributed by atoms with Crippen molar-refractivity contribution in [2.45, 2.75) is 95.4 Å². The van der Waals surface area contributed by atoms with E-state index in [4.69, 9.17) is 10.5 Å². The van der Waals surface area contributed by atoms with E-state index in [0.29, 0.717) is 17.6 Å². The third-order valence-corrected chi connectivity index (χ3v) is 7.31. The first kappa shape index (κ1) is 21.4. The second-order valence-electron chi connectivity index (χ2n) is 9.27. The first-order chi connectivity index (χ1) is 14.2. The van der Waals surface area contributed by atoms with E-state index in [0.717, 1.165) is 19.3 Å². The molecular formula is C21H33N5O4. The summed E-state index contributed by atoms with van der Waals surface area (Å²) in [5, 5.41) is 33.8. The van der Waals surface area contributed by atoms with Crippen LogP contribution in [0.25, 0.3) is 11.2 Å². The fraction of sp³-hybridized carbons (Fsp3) is 0.762. The van der Waals surface area contributed by atoms with E-state index in [1.165, 1.54) is 31.9 Å². The number of aliphatic hydroxyl groups is 3. The minimum atomic E-state index is -1.58. The van der Waals surface area contributed by atoms with Gasteiger partial charge in [0, 0.05) is 5.41 Å². The van der Waals surface area contributed by atoms with Gasteiger partial charge < -0.3 is 25.8 Å². The molecule has 0 aromatic carbocycles. The third-order valence-electron chi connectivity index (χ3n) is 7.31. The molecule has 30 heavy (non-hydrogen) atoms.